The van der Waals surface area contributed by atoms with Crippen molar-refractivity contribution >= 4 is 0 Å². The molecule has 0 spiro atoms. The van der Waals surface area contributed by atoms with Crippen LogP contribution in [0.25, 0.3) is 0 Å². The summed E-state index contributed by atoms with van der Waals surface area (Å²) in [5.74, 6) is 1.73. The molecule has 16 heavy (non-hydrogen) atoms. The molecule has 0 bridgehead atoms. The maximum absolute atomic E-state index is 5.87. The second kappa shape index (κ2) is 6.02. The number of nitrogens with zero attached hydrogens (tertiary/aromatic N) is 1. The van der Waals surface area contributed by atoms with E-state index in [0.29, 0.717) is 0 Å². The highest BCUT2D eigenvalue weighted by Gasteiger charge is 2.33. The van der Waals surface area contributed by atoms with Gasteiger partial charge in [-0.3, -0.25) is 0 Å². The lowest BCUT2D eigenvalue weighted by atomic mass is 9.95. The lowest BCUT2D eigenvalue weighted by Gasteiger charge is -2.28. The summed E-state index contributed by atoms with van der Waals surface area (Å²) < 4.78 is 0. The standard InChI is InChI=1S/C14H28N2/c1-2-3-9-16(14-7-8-14)11-13-6-4-5-12(13)10-15/h12-14H,2-11,15H2,1H3. The normalized spacial score (nSPS) is 30.2. The zero-order chi connectivity index (χ0) is 11.4. The van der Waals surface area contributed by atoms with Gasteiger partial charge in [-0.25, -0.2) is 0 Å². The highest BCUT2D eigenvalue weighted by atomic mass is 15.2. The van der Waals surface area contributed by atoms with Crippen molar-refractivity contribution in [1.29, 1.82) is 0 Å². The van der Waals surface area contributed by atoms with E-state index >= 15 is 0 Å². The SMILES string of the molecule is CCCCN(CC1CCCC1CN)C1CC1. The molecule has 2 aliphatic rings. The molecule has 94 valence electrons. The molecule has 2 unspecified atom stereocenters. The van der Waals surface area contributed by atoms with Gasteiger partial charge in [0.1, 0.15) is 0 Å². The molecule has 0 aromatic heterocycles. The number of unbranched alkanes of at least 4 members (excludes halogenated alkanes) is 1. The number of hydrogen-bond donors (Lipinski definition) is 1. The van der Waals surface area contributed by atoms with Crippen molar-refractivity contribution in [3.8, 4) is 0 Å². The Kier molecular flexibility index (Phi) is 4.66. The topological polar surface area (TPSA) is 29.3 Å². The minimum atomic E-state index is 0.822. The van der Waals surface area contributed by atoms with Crippen LogP contribution < -0.4 is 5.73 Å². The molecule has 0 heterocycles. The number of rotatable bonds is 7. The fraction of sp³-hybridized carbons (Fsp3) is 1.00. The first-order valence-electron chi connectivity index (χ1n) is 7.29. The van der Waals surface area contributed by atoms with Crippen LogP contribution in [0.1, 0.15) is 51.9 Å². The van der Waals surface area contributed by atoms with E-state index in [2.05, 4.69) is 11.8 Å². The second-order valence-corrected chi connectivity index (χ2v) is 5.77. The van der Waals surface area contributed by atoms with Crippen molar-refractivity contribution in [2.24, 2.45) is 17.6 Å². The van der Waals surface area contributed by atoms with Crippen molar-refractivity contribution in [1.82, 2.24) is 4.90 Å². The molecule has 0 radical (unpaired) electrons. The van der Waals surface area contributed by atoms with Crippen LogP contribution in [-0.2, 0) is 0 Å². The third-order valence-electron chi connectivity index (χ3n) is 4.45. The summed E-state index contributed by atoms with van der Waals surface area (Å²) in [5.41, 5.74) is 5.87. The van der Waals surface area contributed by atoms with Gasteiger partial charge in [0.15, 0.2) is 0 Å². The predicted molar refractivity (Wildman–Crippen MR) is 69.4 cm³/mol. The Morgan fingerprint density at radius 1 is 1.12 bits per heavy atom. The summed E-state index contributed by atoms with van der Waals surface area (Å²) in [6, 6.07) is 0.936. The molecular formula is C14H28N2. The molecule has 2 atom stereocenters. The average Bonchev–Trinajstić information content (AvgIpc) is 3.05. The molecule has 2 heteroatoms. The van der Waals surface area contributed by atoms with Crippen LogP contribution in [0.15, 0.2) is 0 Å². The van der Waals surface area contributed by atoms with Crippen molar-refractivity contribution in [3.05, 3.63) is 0 Å². The van der Waals surface area contributed by atoms with Gasteiger partial charge in [-0.05, 0) is 57.0 Å². The van der Waals surface area contributed by atoms with Crippen LogP contribution in [0.4, 0.5) is 0 Å². The lowest BCUT2D eigenvalue weighted by molar-refractivity contribution is 0.196. The Morgan fingerprint density at radius 3 is 2.50 bits per heavy atom. The van der Waals surface area contributed by atoms with Crippen LogP contribution in [-0.4, -0.2) is 30.6 Å². The maximum atomic E-state index is 5.87. The van der Waals surface area contributed by atoms with E-state index in [9.17, 15) is 0 Å². The van der Waals surface area contributed by atoms with E-state index < -0.39 is 0 Å². The number of hydrogen-bond acceptors (Lipinski definition) is 2. The molecule has 2 aliphatic carbocycles. The van der Waals surface area contributed by atoms with Crippen LogP contribution in [0, 0.1) is 11.8 Å². The minimum absolute atomic E-state index is 0.822. The summed E-state index contributed by atoms with van der Waals surface area (Å²) in [4.78, 5) is 2.77. The lowest BCUT2D eigenvalue weighted by Crippen LogP contribution is -2.35. The summed E-state index contributed by atoms with van der Waals surface area (Å²) in [6.45, 7) is 5.88. The predicted octanol–water partition coefficient (Wildman–Crippen LogP) is 2.63. The molecule has 2 fully saturated rings. The highest BCUT2D eigenvalue weighted by molar-refractivity contribution is 4.88. The fourth-order valence-corrected chi connectivity index (χ4v) is 3.19. The molecular weight excluding hydrogens is 196 g/mol. The van der Waals surface area contributed by atoms with Crippen molar-refractivity contribution in [2.75, 3.05) is 19.6 Å². The van der Waals surface area contributed by atoms with E-state index in [1.54, 1.807) is 0 Å². The monoisotopic (exact) mass is 224 g/mol. The summed E-state index contributed by atoms with van der Waals surface area (Å²) in [5, 5.41) is 0. The minimum Gasteiger partial charge on any atom is -0.330 e. The van der Waals surface area contributed by atoms with Gasteiger partial charge in [0, 0.05) is 12.6 Å². The summed E-state index contributed by atoms with van der Waals surface area (Å²) in [7, 11) is 0. The Labute approximate surface area is 101 Å². The fourth-order valence-electron chi connectivity index (χ4n) is 3.19. The molecule has 2 saturated carbocycles. The first kappa shape index (κ1) is 12.4. The zero-order valence-electron chi connectivity index (χ0n) is 10.8. The van der Waals surface area contributed by atoms with Crippen LogP contribution >= 0.6 is 0 Å². The second-order valence-electron chi connectivity index (χ2n) is 5.77. The average molecular weight is 224 g/mol. The van der Waals surface area contributed by atoms with E-state index in [1.165, 1.54) is 58.0 Å². The quantitative estimate of drug-likeness (QED) is 0.720. The first-order chi connectivity index (χ1) is 7.85. The Morgan fingerprint density at radius 2 is 1.88 bits per heavy atom. The third kappa shape index (κ3) is 3.21. The van der Waals surface area contributed by atoms with Gasteiger partial charge in [0.05, 0.1) is 0 Å². The molecule has 0 amide bonds. The number of nitrogens with two attached hydrogens (primary N) is 1. The van der Waals surface area contributed by atoms with Crippen LogP contribution in [0.5, 0.6) is 0 Å². The van der Waals surface area contributed by atoms with Gasteiger partial charge in [-0.15, -0.1) is 0 Å². The molecule has 0 aromatic carbocycles. The van der Waals surface area contributed by atoms with Gasteiger partial charge >= 0.3 is 0 Å². The zero-order valence-corrected chi connectivity index (χ0v) is 10.8. The van der Waals surface area contributed by atoms with Gasteiger partial charge < -0.3 is 10.6 Å². The Hall–Kier alpha value is -0.0800. The molecule has 2 nitrogen and oxygen atoms in total. The third-order valence-corrected chi connectivity index (χ3v) is 4.45. The first-order valence-corrected chi connectivity index (χ1v) is 7.29. The Bertz CT molecular complexity index is 201. The van der Waals surface area contributed by atoms with Crippen molar-refractivity contribution in [3.63, 3.8) is 0 Å². The van der Waals surface area contributed by atoms with Crippen LogP contribution in [0.3, 0.4) is 0 Å². The highest BCUT2D eigenvalue weighted by Crippen LogP contribution is 2.35. The van der Waals surface area contributed by atoms with E-state index in [4.69, 9.17) is 5.73 Å². The maximum Gasteiger partial charge on any atom is 0.00965 e. The van der Waals surface area contributed by atoms with E-state index in [1.807, 2.05) is 0 Å². The van der Waals surface area contributed by atoms with Crippen LogP contribution in [0.2, 0.25) is 0 Å². The molecule has 0 aliphatic heterocycles. The van der Waals surface area contributed by atoms with E-state index in [0.717, 1.165) is 24.4 Å². The summed E-state index contributed by atoms with van der Waals surface area (Å²) in [6.07, 6.45) is 9.82. The van der Waals surface area contributed by atoms with Crippen molar-refractivity contribution in [2.45, 2.75) is 57.9 Å². The van der Waals surface area contributed by atoms with Gasteiger partial charge in [-0.2, -0.15) is 0 Å². The molecule has 0 aromatic rings. The Balaban J connectivity index is 1.79. The van der Waals surface area contributed by atoms with Gasteiger partial charge in [0.2, 0.25) is 0 Å². The molecule has 2 rings (SSSR count). The van der Waals surface area contributed by atoms with E-state index in [-0.39, 0.29) is 0 Å². The van der Waals surface area contributed by atoms with Gasteiger partial charge in [-0.1, -0.05) is 19.8 Å². The smallest absolute Gasteiger partial charge is 0.00965 e. The van der Waals surface area contributed by atoms with Gasteiger partial charge in [0.25, 0.3) is 0 Å². The van der Waals surface area contributed by atoms with Crippen molar-refractivity contribution < 1.29 is 0 Å². The largest absolute Gasteiger partial charge is 0.330 e. The molecule has 0 saturated heterocycles. The summed E-state index contributed by atoms with van der Waals surface area (Å²) >= 11 is 0. The molecule has 2 N–H and O–H groups in total.